The maximum atomic E-state index is 13.5. The molecule has 1 aromatic rings. The fraction of sp³-hybridized carbons (Fsp3) is 0.462. The minimum atomic E-state index is -1.49. The lowest BCUT2D eigenvalue weighted by Crippen LogP contribution is -2.59. The van der Waals surface area contributed by atoms with Crippen molar-refractivity contribution in [3.63, 3.8) is 0 Å². The van der Waals surface area contributed by atoms with Crippen LogP contribution in [0.3, 0.4) is 0 Å². The van der Waals surface area contributed by atoms with E-state index in [1.807, 2.05) is 0 Å². The number of rotatable bonds is 3. The molecule has 0 saturated carbocycles. The molecule has 0 heterocycles. The molecule has 0 spiro atoms. The molecule has 1 atom stereocenters. The third-order valence-corrected chi connectivity index (χ3v) is 3.15. The summed E-state index contributed by atoms with van der Waals surface area (Å²) in [6.07, 6.45) is -0.0293. The number of benzene rings is 1. The summed E-state index contributed by atoms with van der Waals surface area (Å²) < 4.78 is 13.5. The van der Waals surface area contributed by atoms with Crippen molar-refractivity contribution < 1.29 is 14.3 Å². The van der Waals surface area contributed by atoms with Crippen LogP contribution in [0.1, 0.15) is 26.3 Å². The van der Waals surface area contributed by atoms with Gasteiger partial charge < -0.3 is 10.8 Å². The summed E-state index contributed by atoms with van der Waals surface area (Å²) in [6, 6.07) is 6.10. The lowest BCUT2D eigenvalue weighted by Gasteiger charge is -2.37. The monoisotopic (exact) mass is 239 g/mol. The second kappa shape index (κ2) is 4.45. The third-order valence-electron chi connectivity index (χ3n) is 3.15. The second-order valence-electron chi connectivity index (χ2n) is 5.29. The summed E-state index contributed by atoms with van der Waals surface area (Å²) >= 11 is 0. The van der Waals surface area contributed by atoms with Gasteiger partial charge in [0.25, 0.3) is 0 Å². The van der Waals surface area contributed by atoms with E-state index in [0.717, 1.165) is 0 Å². The molecule has 0 amide bonds. The summed E-state index contributed by atoms with van der Waals surface area (Å²) in [5.74, 6) is -1.54. The van der Waals surface area contributed by atoms with E-state index >= 15 is 0 Å². The van der Waals surface area contributed by atoms with Crippen LogP contribution in [0.4, 0.5) is 4.39 Å². The average molecular weight is 239 g/mol. The number of carboxylic acid groups (broad SMARTS) is 1. The largest absolute Gasteiger partial charge is 0.480 e. The maximum absolute atomic E-state index is 13.5. The summed E-state index contributed by atoms with van der Waals surface area (Å²) in [6.45, 7) is 5.21. The Morgan fingerprint density at radius 2 is 1.88 bits per heavy atom. The first-order valence-electron chi connectivity index (χ1n) is 5.44. The first-order chi connectivity index (χ1) is 7.68. The molecular weight excluding hydrogens is 221 g/mol. The molecule has 0 radical (unpaired) electrons. The molecule has 3 nitrogen and oxygen atoms in total. The minimum Gasteiger partial charge on any atom is -0.480 e. The van der Waals surface area contributed by atoms with Gasteiger partial charge in [-0.3, -0.25) is 4.79 Å². The van der Waals surface area contributed by atoms with Crippen molar-refractivity contribution in [3.8, 4) is 0 Å². The van der Waals surface area contributed by atoms with E-state index in [1.54, 1.807) is 39.0 Å². The molecule has 0 aliphatic carbocycles. The van der Waals surface area contributed by atoms with Crippen molar-refractivity contribution in [2.45, 2.75) is 32.7 Å². The van der Waals surface area contributed by atoms with Gasteiger partial charge in [-0.05, 0) is 17.0 Å². The van der Waals surface area contributed by atoms with Gasteiger partial charge in [0.1, 0.15) is 11.4 Å². The molecule has 1 aromatic carbocycles. The Labute approximate surface area is 100 Å². The highest BCUT2D eigenvalue weighted by atomic mass is 19.1. The molecule has 1 rings (SSSR count). The van der Waals surface area contributed by atoms with Crippen LogP contribution >= 0.6 is 0 Å². The highest BCUT2D eigenvalue weighted by molar-refractivity contribution is 5.80. The Hall–Kier alpha value is -1.42. The van der Waals surface area contributed by atoms with E-state index in [4.69, 9.17) is 5.73 Å². The van der Waals surface area contributed by atoms with E-state index in [-0.39, 0.29) is 6.42 Å². The molecule has 17 heavy (non-hydrogen) atoms. The topological polar surface area (TPSA) is 63.3 Å². The van der Waals surface area contributed by atoms with Gasteiger partial charge in [0.05, 0.1) is 0 Å². The Balaban J connectivity index is 3.13. The molecule has 0 aromatic heterocycles. The van der Waals surface area contributed by atoms with Crippen LogP contribution < -0.4 is 5.73 Å². The molecule has 4 heteroatoms. The van der Waals surface area contributed by atoms with Crippen LogP contribution in [0.5, 0.6) is 0 Å². The predicted molar refractivity (Wildman–Crippen MR) is 64.1 cm³/mol. The van der Waals surface area contributed by atoms with Crippen molar-refractivity contribution in [1.29, 1.82) is 0 Å². The minimum absolute atomic E-state index is 0.0293. The smallest absolute Gasteiger partial charge is 0.324 e. The van der Waals surface area contributed by atoms with E-state index in [9.17, 15) is 14.3 Å². The number of carboxylic acids is 1. The van der Waals surface area contributed by atoms with Crippen LogP contribution in [-0.4, -0.2) is 16.6 Å². The van der Waals surface area contributed by atoms with Crippen LogP contribution in [0.2, 0.25) is 0 Å². The SMILES string of the molecule is CC(C)(C)[C@@](N)(Cc1ccccc1F)C(=O)O. The highest BCUT2D eigenvalue weighted by Gasteiger charge is 2.45. The van der Waals surface area contributed by atoms with Gasteiger partial charge in [0.15, 0.2) is 0 Å². The summed E-state index contributed by atoms with van der Waals surface area (Å²) in [5.41, 5.74) is 4.12. The standard InChI is InChI=1S/C13H18FNO2/c1-12(2,3)13(15,11(16)17)8-9-6-4-5-7-10(9)14/h4-7H,8,15H2,1-3H3,(H,16,17)/t13-/m1/s1. The average Bonchev–Trinajstić information content (AvgIpc) is 2.19. The predicted octanol–water partition coefficient (Wildman–Crippen LogP) is 2.20. The van der Waals surface area contributed by atoms with Crippen LogP contribution in [0, 0.1) is 11.2 Å². The van der Waals surface area contributed by atoms with Crippen molar-refractivity contribution >= 4 is 5.97 Å². The first-order valence-corrected chi connectivity index (χ1v) is 5.44. The Bertz CT molecular complexity index is 426. The Morgan fingerprint density at radius 3 is 2.29 bits per heavy atom. The lowest BCUT2D eigenvalue weighted by molar-refractivity contribution is -0.147. The van der Waals surface area contributed by atoms with E-state index in [1.165, 1.54) is 6.07 Å². The van der Waals surface area contributed by atoms with Gasteiger partial charge in [-0.25, -0.2) is 4.39 Å². The normalized spacial score (nSPS) is 15.4. The molecule has 0 saturated heterocycles. The molecule has 0 fully saturated rings. The van der Waals surface area contributed by atoms with Gasteiger partial charge in [-0.1, -0.05) is 39.0 Å². The van der Waals surface area contributed by atoms with Gasteiger partial charge in [-0.15, -0.1) is 0 Å². The molecule has 0 unspecified atom stereocenters. The fourth-order valence-corrected chi connectivity index (χ4v) is 1.60. The number of halogens is 1. The molecule has 94 valence electrons. The number of hydrogen-bond acceptors (Lipinski definition) is 2. The third kappa shape index (κ3) is 2.64. The van der Waals surface area contributed by atoms with E-state index in [2.05, 4.69) is 0 Å². The molecule has 0 aliphatic rings. The van der Waals surface area contributed by atoms with Crippen LogP contribution in [0.25, 0.3) is 0 Å². The fourth-order valence-electron chi connectivity index (χ4n) is 1.60. The Morgan fingerprint density at radius 1 is 1.35 bits per heavy atom. The van der Waals surface area contributed by atoms with Crippen molar-refractivity contribution in [2.24, 2.45) is 11.1 Å². The first kappa shape index (κ1) is 13.6. The van der Waals surface area contributed by atoms with E-state index in [0.29, 0.717) is 5.56 Å². The Kier molecular flexibility index (Phi) is 3.57. The quantitative estimate of drug-likeness (QED) is 0.850. The summed E-state index contributed by atoms with van der Waals surface area (Å²) in [7, 11) is 0. The van der Waals surface area contributed by atoms with Crippen molar-refractivity contribution in [1.82, 2.24) is 0 Å². The number of carbonyl (C=O) groups is 1. The van der Waals surface area contributed by atoms with Gasteiger partial charge in [-0.2, -0.15) is 0 Å². The molecular formula is C13H18FNO2. The number of aliphatic carboxylic acids is 1. The van der Waals surface area contributed by atoms with E-state index < -0.39 is 22.7 Å². The van der Waals surface area contributed by atoms with Crippen LogP contribution in [-0.2, 0) is 11.2 Å². The maximum Gasteiger partial charge on any atom is 0.324 e. The number of nitrogens with two attached hydrogens (primary N) is 1. The molecule has 3 N–H and O–H groups in total. The summed E-state index contributed by atoms with van der Waals surface area (Å²) in [4.78, 5) is 11.3. The number of hydrogen-bond donors (Lipinski definition) is 2. The zero-order chi connectivity index (χ0) is 13.3. The van der Waals surface area contributed by atoms with Crippen molar-refractivity contribution in [2.75, 3.05) is 0 Å². The van der Waals surface area contributed by atoms with Crippen molar-refractivity contribution in [3.05, 3.63) is 35.6 Å². The zero-order valence-electron chi connectivity index (χ0n) is 10.3. The van der Waals surface area contributed by atoms with Gasteiger partial charge in [0, 0.05) is 6.42 Å². The summed E-state index contributed by atoms with van der Waals surface area (Å²) in [5, 5.41) is 9.27. The second-order valence-corrected chi connectivity index (χ2v) is 5.29. The lowest BCUT2D eigenvalue weighted by atomic mass is 9.71. The molecule has 0 aliphatic heterocycles. The van der Waals surface area contributed by atoms with Crippen LogP contribution in [0.15, 0.2) is 24.3 Å². The zero-order valence-corrected chi connectivity index (χ0v) is 10.3. The molecule has 0 bridgehead atoms. The van der Waals surface area contributed by atoms with Gasteiger partial charge >= 0.3 is 5.97 Å². The highest BCUT2D eigenvalue weighted by Crippen LogP contribution is 2.32. The van der Waals surface area contributed by atoms with Gasteiger partial charge in [0.2, 0.25) is 0 Å².